The first-order valence-electron chi connectivity index (χ1n) is 7.40. The molecule has 1 aliphatic heterocycles. The van der Waals surface area contributed by atoms with Crippen LogP contribution in [0.15, 0.2) is 6.07 Å². The van der Waals surface area contributed by atoms with Gasteiger partial charge in [-0.1, -0.05) is 20.8 Å². The fraction of sp³-hybridized carbons (Fsp3) is 0.733. The number of aryl methyl sites for hydroxylation is 1. The summed E-state index contributed by atoms with van der Waals surface area (Å²) in [7, 11) is 1.69. The van der Waals surface area contributed by atoms with Crippen LogP contribution in [0.25, 0.3) is 0 Å². The van der Waals surface area contributed by atoms with E-state index in [4.69, 9.17) is 0 Å². The number of piperidine rings is 1. The molecule has 0 radical (unpaired) electrons. The van der Waals surface area contributed by atoms with E-state index in [0.29, 0.717) is 5.69 Å². The molecular formula is C15H22F3N3O. The number of halogens is 3. The van der Waals surface area contributed by atoms with E-state index in [-0.39, 0.29) is 37.3 Å². The first kappa shape index (κ1) is 16.8. The Morgan fingerprint density at radius 2 is 1.77 bits per heavy atom. The summed E-state index contributed by atoms with van der Waals surface area (Å²) < 4.78 is 39.5. The third kappa shape index (κ3) is 3.44. The summed E-state index contributed by atoms with van der Waals surface area (Å²) in [5.41, 5.74) is 1.04. The van der Waals surface area contributed by atoms with E-state index in [0.717, 1.165) is 5.69 Å². The van der Waals surface area contributed by atoms with Crippen molar-refractivity contribution in [1.82, 2.24) is 14.7 Å². The fourth-order valence-electron chi connectivity index (χ4n) is 2.61. The lowest BCUT2D eigenvalue weighted by molar-refractivity contribution is -0.183. The molecule has 0 saturated carbocycles. The lowest BCUT2D eigenvalue weighted by Crippen LogP contribution is -2.42. The number of alkyl halides is 3. The molecule has 7 heteroatoms. The van der Waals surface area contributed by atoms with Crippen LogP contribution < -0.4 is 0 Å². The fourth-order valence-corrected chi connectivity index (χ4v) is 2.61. The van der Waals surface area contributed by atoms with E-state index in [2.05, 4.69) is 5.10 Å². The lowest BCUT2D eigenvalue weighted by atomic mass is 9.92. The molecule has 0 spiro atoms. The van der Waals surface area contributed by atoms with Crippen LogP contribution in [0.3, 0.4) is 0 Å². The molecule has 2 rings (SSSR count). The van der Waals surface area contributed by atoms with Crippen LogP contribution in [0.5, 0.6) is 0 Å². The normalized spacial score (nSPS) is 17.9. The summed E-state index contributed by atoms with van der Waals surface area (Å²) in [5, 5.41) is 4.34. The Morgan fingerprint density at radius 3 is 2.18 bits per heavy atom. The van der Waals surface area contributed by atoms with Crippen molar-refractivity contribution >= 4 is 5.91 Å². The van der Waals surface area contributed by atoms with Crippen molar-refractivity contribution in [1.29, 1.82) is 0 Å². The van der Waals surface area contributed by atoms with Gasteiger partial charge in [0.15, 0.2) is 0 Å². The van der Waals surface area contributed by atoms with Gasteiger partial charge < -0.3 is 4.90 Å². The molecule has 0 N–H and O–H groups in total. The lowest BCUT2D eigenvalue weighted by Gasteiger charge is -2.32. The predicted molar refractivity (Wildman–Crippen MR) is 76.6 cm³/mol. The zero-order valence-corrected chi connectivity index (χ0v) is 13.4. The average Bonchev–Trinajstić information content (AvgIpc) is 2.79. The number of aromatic nitrogens is 2. The minimum atomic E-state index is -4.17. The molecule has 1 aliphatic rings. The van der Waals surface area contributed by atoms with Gasteiger partial charge in [-0.15, -0.1) is 0 Å². The van der Waals surface area contributed by atoms with Crippen molar-refractivity contribution in [2.45, 2.75) is 45.2 Å². The number of hydrogen-bond acceptors (Lipinski definition) is 2. The van der Waals surface area contributed by atoms with E-state index in [1.54, 1.807) is 13.1 Å². The van der Waals surface area contributed by atoms with Crippen molar-refractivity contribution in [3.05, 3.63) is 17.5 Å². The highest BCUT2D eigenvalue weighted by atomic mass is 19.4. The number of amides is 1. The van der Waals surface area contributed by atoms with E-state index in [1.807, 2.05) is 20.8 Å². The standard InChI is InChI=1S/C15H22F3N3O/c1-14(2,3)12-9-11(20(4)19-12)13(22)21-7-5-10(6-8-21)15(16,17)18/h9-10H,5-8H2,1-4H3. The zero-order chi connectivity index (χ0) is 16.7. The van der Waals surface area contributed by atoms with E-state index in [1.165, 1.54) is 9.58 Å². The number of nitrogens with zero attached hydrogens (tertiary/aromatic N) is 3. The molecule has 4 nitrogen and oxygen atoms in total. The molecule has 22 heavy (non-hydrogen) atoms. The van der Waals surface area contributed by atoms with Gasteiger partial charge in [0.2, 0.25) is 0 Å². The molecule has 0 atom stereocenters. The monoisotopic (exact) mass is 317 g/mol. The molecule has 0 aliphatic carbocycles. The van der Waals surface area contributed by atoms with Gasteiger partial charge in [-0.25, -0.2) is 0 Å². The smallest absolute Gasteiger partial charge is 0.337 e. The Hall–Kier alpha value is -1.53. The van der Waals surface area contributed by atoms with Crippen LogP contribution >= 0.6 is 0 Å². The molecule has 1 amide bonds. The van der Waals surface area contributed by atoms with Gasteiger partial charge in [0.1, 0.15) is 5.69 Å². The maximum atomic E-state index is 12.7. The number of hydrogen-bond donors (Lipinski definition) is 0. The van der Waals surface area contributed by atoms with Crippen LogP contribution in [-0.4, -0.2) is 39.9 Å². The van der Waals surface area contributed by atoms with Crippen LogP contribution in [0, 0.1) is 5.92 Å². The summed E-state index contributed by atoms with van der Waals surface area (Å²) in [6.07, 6.45) is -4.22. The molecule has 0 aromatic carbocycles. The maximum absolute atomic E-state index is 12.7. The highest BCUT2D eigenvalue weighted by Crippen LogP contribution is 2.34. The topological polar surface area (TPSA) is 38.1 Å². The second-order valence-corrected chi connectivity index (χ2v) is 6.90. The minimum absolute atomic E-state index is 0.0286. The Labute approximate surface area is 128 Å². The molecule has 0 bridgehead atoms. The molecule has 0 unspecified atom stereocenters. The van der Waals surface area contributed by atoms with Gasteiger partial charge >= 0.3 is 6.18 Å². The Bertz CT molecular complexity index is 549. The van der Waals surface area contributed by atoms with Crippen LogP contribution in [0.4, 0.5) is 13.2 Å². The van der Waals surface area contributed by atoms with Crippen LogP contribution in [-0.2, 0) is 12.5 Å². The molecule has 1 saturated heterocycles. The van der Waals surface area contributed by atoms with Gasteiger partial charge in [-0.05, 0) is 18.9 Å². The first-order chi connectivity index (χ1) is 10.00. The zero-order valence-electron chi connectivity index (χ0n) is 13.4. The van der Waals surface area contributed by atoms with Gasteiger partial charge in [-0.2, -0.15) is 18.3 Å². The third-order valence-corrected chi connectivity index (χ3v) is 4.11. The van der Waals surface area contributed by atoms with E-state index >= 15 is 0 Å². The molecule has 1 fully saturated rings. The number of carbonyl (C=O) groups is 1. The second-order valence-electron chi connectivity index (χ2n) is 6.90. The quantitative estimate of drug-likeness (QED) is 0.798. The summed E-state index contributed by atoms with van der Waals surface area (Å²) in [6, 6.07) is 1.73. The van der Waals surface area contributed by atoms with Crippen LogP contribution in [0.1, 0.15) is 49.8 Å². The van der Waals surface area contributed by atoms with Gasteiger partial charge in [0, 0.05) is 25.6 Å². The molecule has 124 valence electrons. The maximum Gasteiger partial charge on any atom is 0.391 e. The minimum Gasteiger partial charge on any atom is -0.337 e. The van der Waals surface area contributed by atoms with Crippen molar-refractivity contribution in [2.24, 2.45) is 13.0 Å². The summed E-state index contributed by atoms with van der Waals surface area (Å²) in [6.45, 7) is 6.27. The van der Waals surface area contributed by atoms with Gasteiger partial charge in [-0.3, -0.25) is 9.48 Å². The van der Waals surface area contributed by atoms with E-state index in [9.17, 15) is 18.0 Å². The Kier molecular flexibility index (Phi) is 4.28. The van der Waals surface area contributed by atoms with Crippen LogP contribution in [0.2, 0.25) is 0 Å². The Morgan fingerprint density at radius 1 is 1.23 bits per heavy atom. The molecule has 1 aromatic rings. The highest BCUT2D eigenvalue weighted by molar-refractivity contribution is 5.92. The largest absolute Gasteiger partial charge is 0.391 e. The Balaban J connectivity index is 2.09. The summed E-state index contributed by atoms with van der Waals surface area (Å²) in [5.74, 6) is -1.54. The molecular weight excluding hydrogens is 295 g/mol. The van der Waals surface area contributed by atoms with Crippen molar-refractivity contribution < 1.29 is 18.0 Å². The number of rotatable bonds is 1. The van der Waals surface area contributed by atoms with Gasteiger partial charge in [0.05, 0.1) is 11.6 Å². The second kappa shape index (κ2) is 5.59. The SMILES string of the molecule is Cn1nc(C(C)(C)C)cc1C(=O)N1CCC(C(F)(F)F)CC1. The summed E-state index contributed by atoms with van der Waals surface area (Å²) in [4.78, 5) is 14.0. The summed E-state index contributed by atoms with van der Waals surface area (Å²) >= 11 is 0. The van der Waals surface area contributed by atoms with Crippen molar-refractivity contribution in [2.75, 3.05) is 13.1 Å². The van der Waals surface area contributed by atoms with Crippen molar-refractivity contribution in [3.8, 4) is 0 Å². The predicted octanol–water partition coefficient (Wildman–Crippen LogP) is 3.13. The highest BCUT2D eigenvalue weighted by Gasteiger charge is 2.42. The third-order valence-electron chi connectivity index (χ3n) is 4.11. The molecule has 1 aromatic heterocycles. The van der Waals surface area contributed by atoms with E-state index < -0.39 is 12.1 Å². The van der Waals surface area contributed by atoms with Gasteiger partial charge in [0.25, 0.3) is 5.91 Å². The number of carbonyl (C=O) groups excluding carboxylic acids is 1. The average molecular weight is 317 g/mol. The number of likely N-dealkylation sites (tertiary alicyclic amines) is 1. The first-order valence-corrected chi connectivity index (χ1v) is 7.40. The molecule has 2 heterocycles. The van der Waals surface area contributed by atoms with Crippen molar-refractivity contribution in [3.63, 3.8) is 0 Å².